The first-order valence-electron chi connectivity index (χ1n) is 7.94. The van der Waals surface area contributed by atoms with Crippen molar-refractivity contribution < 1.29 is 18.7 Å². The summed E-state index contributed by atoms with van der Waals surface area (Å²) in [4.78, 5) is 23.2. The van der Waals surface area contributed by atoms with Gasteiger partial charge in [0.05, 0.1) is 11.2 Å². The Kier molecular flexibility index (Phi) is 4.60. The number of hydrogen-bond acceptors (Lipinski definition) is 3. The van der Waals surface area contributed by atoms with Crippen LogP contribution in [0.5, 0.6) is 0 Å². The molecule has 3 rings (SSSR count). The van der Waals surface area contributed by atoms with E-state index in [9.17, 15) is 18.4 Å². The summed E-state index contributed by atoms with van der Waals surface area (Å²) >= 11 is 0. The predicted octanol–water partition coefficient (Wildman–Crippen LogP) is 1.95. The summed E-state index contributed by atoms with van der Waals surface area (Å²) in [6.07, 6.45) is 0.712. The van der Waals surface area contributed by atoms with E-state index in [0.29, 0.717) is 12.1 Å². The van der Waals surface area contributed by atoms with Gasteiger partial charge < -0.3 is 10.8 Å². The van der Waals surface area contributed by atoms with Gasteiger partial charge >= 0.3 is 11.7 Å². The van der Waals surface area contributed by atoms with Crippen molar-refractivity contribution in [1.82, 2.24) is 9.13 Å². The Morgan fingerprint density at radius 2 is 1.85 bits per heavy atom. The number of hydrogen-bond donors (Lipinski definition) is 2. The fourth-order valence-corrected chi connectivity index (χ4v) is 2.86. The Morgan fingerprint density at radius 1 is 1.19 bits per heavy atom. The third kappa shape index (κ3) is 2.99. The van der Waals surface area contributed by atoms with Crippen molar-refractivity contribution in [3.8, 4) is 5.69 Å². The third-order valence-corrected chi connectivity index (χ3v) is 4.37. The zero-order valence-electron chi connectivity index (χ0n) is 13.9. The van der Waals surface area contributed by atoms with E-state index in [4.69, 9.17) is 10.8 Å². The normalized spacial score (nSPS) is 12.5. The van der Waals surface area contributed by atoms with Crippen LogP contribution in [-0.4, -0.2) is 26.3 Å². The molecule has 0 unspecified atom stereocenters. The number of rotatable bonds is 5. The molecule has 0 amide bonds. The van der Waals surface area contributed by atoms with Gasteiger partial charge in [0.25, 0.3) is 0 Å². The number of nitrogens with two attached hydrogens (primary N) is 1. The lowest BCUT2D eigenvalue weighted by molar-refractivity contribution is -0.138. The van der Waals surface area contributed by atoms with Gasteiger partial charge in [0, 0.05) is 7.05 Å². The van der Waals surface area contributed by atoms with Gasteiger partial charge in [-0.2, -0.15) is 0 Å². The molecule has 8 heteroatoms. The number of benzene rings is 2. The fraction of sp³-hybridized carbons (Fsp3) is 0.222. The van der Waals surface area contributed by atoms with E-state index in [1.165, 1.54) is 17.7 Å². The number of imidazole rings is 1. The Hall–Kier alpha value is -3.00. The second-order valence-corrected chi connectivity index (χ2v) is 6.06. The van der Waals surface area contributed by atoms with Crippen LogP contribution in [0.2, 0.25) is 0 Å². The molecule has 0 spiro atoms. The molecule has 0 aliphatic rings. The number of aryl methyl sites for hydroxylation is 2. The van der Waals surface area contributed by atoms with Crippen LogP contribution in [0.1, 0.15) is 12.0 Å². The van der Waals surface area contributed by atoms with E-state index in [2.05, 4.69) is 0 Å². The maximum Gasteiger partial charge on any atom is 0.333 e. The summed E-state index contributed by atoms with van der Waals surface area (Å²) in [5.74, 6) is -3.19. The Labute approximate surface area is 147 Å². The van der Waals surface area contributed by atoms with E-state index in [1.807, 2.05) is 0 Å². The first-order chi connectivity index (χ1) is 12.3. The number of carboxylic acid groups (broad SMARTS) is 1. The lowest BCUT2D eigenvalue weighted by atomic mass is 10.1. The zero-order chi connectivity index (χ0) is 19.0. The summed E-state index contributed by atoms with van der Waals surface area (Å²) in [6, 6.07) is 7.99. The van der Waals surface area contributed by atoms with Gasteiger partial charge in [0.2, 0.25) is 0 Å². The summed E-state index contributed by atoms with van der Waals surface area (Å²) in [7, 11) is 1.49. The number of aliphatic carboxylic acids is 1. The van der Waals surface area contributed by atoms with Gasteiger partial charge in [-0.15, -0.1) is 0 Å². The van der Waals surface area contributed by atoms with Crippen molar-refractivity contribution in [3.63, 3.8) is 0 Å². The van der Waals surface area contributed by atoms with Crippen LogP contribution in [0.25, 0.3) is 16.7 Å². The van der Waals surface area contributed by atoms with E-state index in [1.54, 1.807) is 24.3 Å². The van der Waals surface area contributed by atoms with Crippen molar-refractivity contribution in [3.05, 3.63) is 64.1 Å². The van der Waals surface area contributed by atoms with Gasteiger partial charge in [0.15, 0.2) is 11.6 Å². The minimum Gasteiger partial charge on any atom is -0.480 e. The van der Waals surface area contributed by atoms with Crippen molar-refractivity contribution in [2.45, 2.75) is 18.9 Å². The zero-order valence-corrected chi connectivity index (χ0v) is 13.9. The van der Waals surface area contributed by atoms with Gasteiger partial charge in [0.1, 0.15) is 11.6 Å². The molecule has 1 heterocycles. The van der Waals surface area contributed by atoms with E-state index >= 15 is 0 Å². The highest BCUT2D eigenvalue weighted by molar-refractivity contribution is 5.79. The maximum absolute atomic E-state index is 14.3. The third-order valence-electron chi connectivity index (χ3n) is 4.37. The van der Waals surface area contributed by atoms with Gasteiger partial charge in [-0.05, 0) is 42.7 Å². The monoisotopic (exact) mass is 361 g/mol. The van der Waals surface area contributed by atoms with Crippen molar-refractivity contribution in [2.75, 3.05) is 0 Å². The van der Waals surface area contributed by atoms with E-state index in [0.717, 1.165) is 16.2 Å². The summed E-state index contributed by atoms with van der Waals surface area (Å²) < 4.78 is 30.3. The lowest BCUT2D eigenvalue weighted by Gasteiger charge is -2.08. The van der Waals surface area contributed by atoms with Crippen LogP contribution in [0.15, 0.2) is 41.2 Å². The fourth-order valence-electron chi connectivity index (χ4n) is 2.86. The number of carbonyl (C=O) groups is 1. The van der Waals surface area contributed by atoms with Gasteiger partial charge in [-0.25, -0.2) is 13.6 Å². The minimum atomic E-state index is -1.09. The van der Waals surface area contributed by atoms with Crippen LogP contribution in [-0.2, 0) is 18.3 Å². The first kappa shape index (κ1) is 17.8. The van der Waals surface area contributed by atoms with Crippen LogP contribution in [0, 0.1) is 11.6 Å². The van der Waals surface area contributed by atoms with Crippen LogP contribution < -0.4 is 11.4 Å². The molecule has 0 saturated carbocycles. The molecular formula is C18H17F2N3O3. The summed E-state index contributed by atoms with van der Waals surface area (Å²) in [5, 5.41) is 8.80. The Balaban J connectivity index is 2.00. The average molecular weight is 361 g/mol. The highest BCUT2D eigenvalue weighted by atomic mass is 19.2. The highest BCUT2D eigenvalue weighted by Crippen LogP contribution is 2.22. The topological polar surface area (TPSA) is 90.3 Å². The van der Waals surface area contributed by atoms with Gasteiger partial charge in [-0.3, -0.25) is 13.9 Å². The van der Waals surface area contributed by atoms with E-state index in [-0.39, 0.29) is 17.5 Å². The smallest absolute Gasteiger partial charge is 0.333 e. The largest absolute Gasteiger partial charge is 0.480 e. The number of fused-ring (bicyclic) bond motifs is 1. The molecule has 2 aromatic carbocycles. The molecule has 6 nitrogen and oxygen atoms in total. The molecule has 0 aliphatic carbocycles. The van der Waals surface area contributed by atoms with Crippen LogP contribution in [0.4, 0.5) is 8.78 Å². The molecule has 3 aromatic rings. The SMILES string of the molecule is Cn1c(=O)n(-c2ccc(CC[C@H](N)C(=O)O)cc2)c2c(F)c(F)ccc21. The molecule has 136 valence electrons. The first-order valence-corrected chi connectivity index (χ1v) is 7.94. The van der Waals surface area contributed by atoms with Crippen molar-refractivity contribution >= 4 is 17.0 Å². The van der Waals surface area contributed by atoms with Gasteiger partial charge in [-0.1, -0.05) is 12.1 Å². The Bertz CT molecular complexity index is 1040. The molecule has 0 fully saturated rings. The lowest BCUT2D eigenvalue weighted by Crippen LogP contribution is -2.30. The Morgan fingerprint density at radius 3 is 2.46 bits per heavy atom. The van der Waals surface area contributed by atoms with Crippen molar-refractivity contribution in [2.24, 2.45) is 12.8 Å². The number of nitrogens with zero attached hydrogens (tertiary/aromatic N) is 2. The molecule has 1 aromatic heterocycles. The summed E-state index contributed by atoms with van der Waals surface area (Å²) in [5.41, 5.74) is 6.35. The van der Waals surface area contributed by atoms with Crippen LogP contribution >= 0.6 is 0 Å². The molecule has 0 aliphatic heterocycles. The number of carboxylic acids is 1. The second-order valence-electron chi connectivity index (χ2n) is 6.06. The molecular weight excluding hydrogens is 344 g/mol. The highest BCUT2D eigenvalue weighted by Gasteiger charge is 2.19. The second kappa shape index (κ2) is 6.72. The molecule has 1 atom stereocenters. The average Bonchev–Trinajstić information content (AvgIpc) is 2.88. The summed E-state index contributed by atoms with van der Waals surface area (Å²) in [6.45, 7) is 0. The predicted molar refractivity (Wildman–Crippen MR) is 92.4 cm³/mol. The molecule has 3 N–H and O–H groups in total. The van der Waals surface area contributed by atoms with E-state index < -0.39 is 29.3 Å². The molecule has 0 radical (unpaired) electrons. The molecule has 0 bridgehead atoms. The molecule has 26 heavy (non-hydrogen) atoms. The molecule has 0 saturated heterocycles. The quantitative estimate of drug-likeness (QED) is 0.727. The van der Waals surface area contributed by atoms with Crippen LogP contribution in [0.3, 0.4) is 0 Å². The number of halogens is 2. The standard InChI is InChI=1S/C18H17F2N3O3/c1-22-14-9-7-12(19)15(20)16(14)23(18(22)26)11-5-2-10(3-6-11)4-8-13(21)17(24)25/h2-3,5-7,9,13H,4,8,21H2,1H3,(H,24,25)/t13-/m0/s1. The number of aromatic nitrogens is 2. The minimum absolute atomic E-state index is 0.127. The van der Waals surface area contributed by atoms with Crippen molar-refractivity contribution in [1.29, 1.82) is 0 Å². The maximum atomic E-state index is 14.3.